The van der Waals surface area contributed by atoms with Crippen LogP contribution in [0.25, 0.3) is 0 Å². The summed E-state index contributed by atoms with van der Waals surface area (Å²) in [4.78, 5) is 19.4. The first-order valence-electron chi connectivity index (χ1n) is 10.7. The van der Waals surface area contributed by atoms with Crippen molar-refractivity contribution in [2.45, 2.75) is 51.2 Å². The van der Waals surface area contributed by atoms with Crippen LogP contribution in [-0.2, 0) is 11.2 Å². The highest BCUT2D eigenvalue weighted by atomic mass is 16.5. The Balaban J connectivity index is 1.68. The predicted molar refractivity (Wildman–Crippen MR) is 122 cm³/mol. The van der Waals surface area contributed by atoms with Gasteiger partial charge in [0.25, 0.3) is 5.91 Å². The van der Waals surface area contributed by atoms with E-state index < -0.39 is 5.91 Å². The molecule has 0 aromatic heterocycles. The summed E-state index contributed by atoms with van der Waals surface area (Å²) >= 11 is 0. The Hall–Kier alpha value is -3.13. The molecule has 1 saturated heterocycles. The second kappa shape index (κ2) is 8.55. The van der Waals surface area contributed by atoms with Crippen molar-refractivity contribution in [2.24, 2.45) is 4.99 Å². The second-order valence-corrected chi connectivity index (χ2v) is 8.73. The maximum Gasteiger partial charge on any atom is 0.261 e. The first kappa shape index (κ1) is 21.1. The first-order chi connectivity index (χ1) is 14.9. The van der Waals surface area contributed by atoms with Gasteiger partial charge in [-0.25, -0.2) is 4.99 Å². The third kappa shape index (κ3) is 4.64. The summed E-state index contributed by atoms with van der Waals surface area (Å²) in [7, 11) is 0. The van der Waals surface area contributed by atoms with Crippen molar-refractivity contribution < 1.29 is 14.6 Å². The molecule has 0 aliphatic carbocycles. The molecule has 3 heterocycles. The Bertz CT molecular complexity index is 980. The van der Waals surface area contributed by atoms with Crippen LogP contribution < -0.4 is 20.3 Å². The molecule has 8 heteroatoms. The maximum absolute atomic E-state index is 13.1. The molecular weight excluding hydrogens is 394 g/mol. The molecular formula is C23H29N5O3. The number of benzene rings is 1. The van der Waals surface area contributed by atoms with Crippen molar-refractivity contribution in [3.05, 3.63) is 41.4 Å². The SMILES string of the molecule is CC1(C)Cc2cc(NC(=O)/C(C=N)=C3\N=CC=CN3)c(N3CCCC(O)CC3)cc2O1. The van der Waals surface area contributed by atoms with Gasteiger partial charge in [-0.05, 0) is 45.3 Å². The summed E-state index contributed by atoms with van der Waals surface area (Å²) in [6, 6.07) is 3.97. The molecule has 4 rings (SSSR count). The van der Waals surface area contributed by atoms with Crippen LogP contribution >= 0.6 is 0 Å². The Morgan fingerprint density at radius 3 is 2.97 bits per heavy atom. The smallest absolute Gasteiger partial charge is 0.261 e. The Morgan fingerprint density at radius 1 is 1.39 bits per heavy atom. The van der Waals surface area contributed by atoms with Crippen molar-refractivity contribution in [1.82, 2.24) is 5.32 Å². The van der Waals surface area contributed by atoms with Crippen LogP contribution in [0.1, 0.15) is 38.7 Å². The number of aliphatic imine (C=N–C) groups is 1. The molecule has 31 heavy (non-hydrogen) atoms. The monoisotopic (exact) mass is 423 g/mol. The highest BCUT2D eigenvalue weighted by molar-refractivity contribution is 6.18. The van der Waals surface area contributed by atoms with Gasteiger partial charge in [-0.2, -0.15) is 0 Å². The van der Waals surface area contributed by atoms with Crippen molar-refractivity contribution in [3.8, 4) is 5.75 Å². The molecule has 0 spiro atoms. The maximum atomic E-state index is 13.1. The molecule has 0 saturated carbocycles. The lowest BCUT2D eigenvalue weighted by Crippen LogP contribution is -2.27. The molecule has 164 valence electrons. The highest BCUT2D eigenvalue weighted by Gasteiger charge is 2.32. The second-order valence-electron chi connectivity index (χ2n) is 8.73. The van der Waals surface area contributed by atoms with E-state index in [1.165, 1.54) is 0 Å². The van der Waals surface area contributed by atoms with Crippen molar-refractivity contribution >= 4 is 29.7 Å². The van der Waals surface area contributed by atoms with Gasteiger partial charge in [0.1, 0.15) is 17.2 Å². The van der Waals surface area contributed by atoms with Crippen LogP contribution in [-0.4, -0.2) is 48.2 Å². The molecule has 3 aliphatic heterocycles. The number of nitrogens with one attached hydrogen (secondary N) is 3. The summed E-state index contributed by atoms with van der Waals surface area (Å²) in [5, 5.41) is 23.7. The zero-order valence-corrected chi connectivity index (χ0v) is 17.9. The van der Waals surface area contributed by atoms with Crippen molar-refractivity contribution in [3.63, 3.8) is 0 Å². The van der Waals surface area contributed by atoms with Gasteiger partial charge in [-0.1, -0.05) is 0 Å². The summed E-state index contributed by atoms with van der Waals surface area (Å²) in [6.07, 6.45) is 8.74. The average Bonchev–Trinajstić information content (AvgIpc) is 2.88. The minimum Gasteiger partial charge on any atom is -0.487 e. The molecule has 1 fully saturated rings. The number of nitrogens with zero attached hydrogens (tertiary/aromatic N) is 2. The fourth-order valence-corrected chi connectivity index (χ4v) is 4.22. The van der Waals surface area contributed by atoms with Gasteiger partial charge < -0.3 is 30.8 Å². The summed E-state index contributed by atoms with van der Waals surface area (Å²) in [5.41, 5.74) is 2.44. The number of carbonyl (C=O) groups excluding carboxylic acids is 1. The van der Waals surface area contributed by atoms with E-state index in [4.69, 9.17) is 10.1 Å². The number of fused-ring (bicyclic) bond motifs is 1. The molecule has 1 unspecified atom stereocenters. The molecule has 1 aromatic rings. The van der Waals surface area contributed by atoms with E-state index in [0.717, 1.165) is 49.0 Å². The number of aliphatic hydroxyl groups excluding tert-OH is 1. The zero-order chi connectivity index (χ0) is 22.0. The number of carbonyl (C=O) groups is 1. The van der Waals surface area contributed by atoms with Crippen molar-refractivity contribution in [1.29, 1.82) is 5.41 Å². The number of rotatable bonds is 4. The number of amides is 1. The van der Waals surface area contributed by atoms with Gasteiger partial charge in [0.05, 0.1) is 23.1 Å². The van der Waals surface area contributed by atoms with E-state index in [2.05, 4.69) is 20.5 Å². The van der Waals surface area contributed by atoms with E-state index >= 15 is 0 Å². The van der Waals surface area contributed by atoms with Gasteiger partial charge in [0.15, 0.2) is 0 Å². The van der Waals surface area contributed by atoms with Crippen LogP contribution in [0.5, 0.6) is 5.75 Å². The van der Waals surface area contributed by atoms with Gasteiger partial charge in [0.2, 0.25) is 0 Å². The third-order valence-corrected chi connectivity index (χ3v) is 5.72. The zero-order valence-electron chi connectivity index (χ0n) is 17.9. The van der Waals surface area contributed by atoms with E-state index in [1.807, 2.05) is 26.0 Å². The topological polar surface area (TPSA) is 110 Å². The van der Waals surface area contributed by atoms with Crippen LogP contribution in [0.15, 0.2) is 40.8 Å². The number of ether oxygens (including phenoxy) is 1. The fourth-order valence-electron chi connectivity index (χ4n) is 4.22. The van der Waals surface area contributed by atoms with Gasteiger partial charge in [-0.15, -0.1) is 0 Å². The lowest BCUT2D eigenvalue weighted by molar-refractivity contribution is -0.112. The van der Waals surface area contributed by atoms with Crippen LogP contribution in [0, 0.1) is 5.41 Å². The Kier molecular flexibility index (Phi) is 5.82. The molecule has 8 nitrogen and oxygen atoms in total. The number of allylic oxidation sites excluding steroid dienone is 1. The molecule has 1 atom stereocenters. The van der Waals surface area contributed by atoms with Gasteiger partial charge in [0, 0.05) is 49.8 Å². The predicted octanol–water partition coefficient (Wildman–Crippen LogP) is 2.74. The largest absolute Gasteiger partial charge is 0.487 e. The van der Waals surface area contributed by atoms with Gasteiger partial charge in [-0.3, -0.25) is 4.79 Å². The summed E-state index contributed by atoms with van der Waals surface area (Å²) in [6.45, 7) is 5.58. The molecule has 0 radical (unpaired) electrons. The van der Waals surface area contributed by atoms with E-state index in [-0.39, 0.29) is 17.3 Å². The summed E-state index contributed by atoms with van der Waals surface area (Å²) in [5.74, 6) is 0.761. The van der Waals surface area contributed by atoms with Crippen molar-refractivity contribution in [2.75, 3.05) is 23.3 Å². The molecule has 4 N–H and O–H groups in total. The lowest BCUT2D eigenvalue weighted by Gasteiger charge is -2.26. The summed E-state index contributed by atoms with van der Waals surface area (Å²) < 4.78 is 6.13. The number of anilines is 2. The molecule has 1 amide bonds. The Labute approximate surface area is 182 Å². The van der Waals surface area contributed by atoms with Gasteiger partial charge >= 0.3 is 0 Å². The lowest BCUT2D eigenvalue weighted by atomic mass is 10.0. The number of hydrogen-bond acceptors (Lipinski definition) is 7. The molecule has 1 aromatic carbocycles. The third-order valence-electron chi connectivity index (χ3n) is 5.72. The number of hydrogen-bond donors (Lipinski definition) is 4. The highest BCUT2D eigenvalue weighted by Crippen LogP contribution is 2.42. The minimum absolute atomic E-state index is 0.148. The Morgan fingerprint density at radius 2 is 2.23 bits per heavy atom. The standard InChI is InChI=1S/C23H29N5O3/c1-23(2)13-15-11-18(27-22(30)17(14-24)21-25-7-4-8-26-21)19(12-20(15)31-23)28-9-3-5-16(29)6-10-28/h4,7-8,11-12,14,16,24-25,29H,3,5-6,9-10,13H2,1-2H3,(H,27,30)/b21-17-,24-14?. The minimum atomic E-state index is -0.404. The van der Waals surface area contributed by atoms with Crippen LogP contribution in [0.3, 0.4) is 0 Å². The van der Waals surface area contributed by atoms with E-state index in [1.54, 1.807) is 18.5 Å². The van der Waals surface area contributed by atoms with Crippen LogP contribution in [0.2, 0.25) is 0 Å². The first-order valence-corrected chi connectivity index (χ1v) is 10.7. The fraction of sp³-hybridized carbons (Fsp3) is 0.435. The normalized spacial score (nSPS) is 23.3. The average molecular weight is 424 g/mol. The van der Waals surface area contributed by atoms with Crippen LogP contribution in [0.4, 0.5) is 11.4 Å². The quantitative estimate of drug-likeness (QED) is 0.440. The molecule has 0 bridgehead atoms. The molecule has 3 aliphatic rings. The van der Waals surface area contributed by atoms with E-state index in [9.17, 15) is 9.90 Å². The van der Waals surface area contributed by atoms with E-state index in [0.29, 0.717) is 24.5 Å². The number of aliphatic hydroxyl groups is 1.